The molecule has 0 aliphatic heterocycles. The van der Waals surface area contributed by atoms with Gasteiger partial charge < -0.3 is 37.1 Å². The molecule has 1 aliphatic rings. The third-order valence-electron chi connectivity index (χ3n) is 11.3. The van der Waals surface area contributed by atoms with Crippen molar-refractivity contribution in [3.8, 4) is 0 Å². The molecule has 0 heterocycles. The van der Waals surface area contributed by atoms with Gasteiger partial charge in [0.25, 0.3) is 0 Å². The molecule has 0 aromatic heterocycles. The molecular formula is C36H76N4O3. The van der Waals surface area contributed by atoms with E-state index < -0.39 is 0 Å². The van der Waals surface area contributed by atoms with Crippen molar-refractivity contribution in [3.63, 3.8) is 0 Å². The molecule has 1 saturated carbocycles. The SMILES string of the molecule is CC[C@H](C[C@@H]1CC[C@H]([C@H](C)CCCN)[C@@]1(C)[C@H](C[C@@H](C)C(C)(C)CC[C@H](CC)OCCCN)OCCCN)OCCCN. The maximum absolute atomic E-state index is 6.98. The zero-order valence-corrected chi connectivity index (χ0v) is 29.7. The maximum Gasteiger partial charge on any atom is 0.0636 e. The average molecular weight is 613 g/mol. The number of rotatable bonds is 27. The van der Waals surface area contributed by atoms with Crippen molar-refractivity contribution in [1.29, 1.82) is 0 Å². The molecule has 8 N–H and O–H groups in total. The van der Waals surface area contributed by atoms with Crippen molar-refractivity contribution in [1.82, 2.24) is 0 Å². The van der Waals surface area contributed by atoms with Gasteiger partial charge in [0.1, 0.15) is 0 Å². The second kappa shape index (κ2) is 22.3. The van der Waals surface area contributed by atoms with Crippen molar-refractivity contribution in [3.05, 3.63) is 0 Å². The minimum absolute atomic E-state index is 0.0783. The van der Waals surface area contributed by atoms with E-state index in [0.717, 1.165) is 90.6 Å². The first kappa shape index (κ1) is 40.7. The largest absolute Gasteiger partial charge is 0.378 e. The Labute approximate surface area is 267 Å². The van der Waals surface area contributed by atoms with Gasteiger partial charge in [-0.3, -0.25) is 0 Å². The predicted molar refractivity (Wildman–Crippen MR) is 184 cm³/mol. The Kier molecular flexibility index (Phi) is 21.1. The van der Waals surface area contributed by atoms with Gasteiger partial charge in [0.15, 0.2) is 0 Å². The third-order valence-corrected chi connectivity index (χ3v) is 11.3. The van der Waals surface area contributed by atoms with Crippen LogP contribution in [0.2, 0.25) is 0 Å². The van der Waals surface area contributed by atoms with Gasteiger partial charge in [0.2, 0.25) is 0 Å². The highest BCUT2D eigenvalue weighted by Gasteiger charge is 2.54. The summed E-state index contributed by atoms with van der Waals surface area (Å²) < 4.78 is 19.5. The molecule has 43 heavy (non-hydrogen) atoms. The van der Waals surface area contributed by atoms with E-state index in [2.05, 4.69) is 48.5 Å². The quantitative estimate of drug-likeness (QED) is 0.0765. The number of hydrogen-bond donors (Lipinski definition) is 4. The fourth-order valence-electron chi connectivity index (χ4n) is 7.69. The van der Waals surface area contributed by atoms with Crippen LogP contribution in [0.1, 0.15) is 132 Å². The lowest BCUT2D eigenvalue weighted by Gasteiger charge is -2.48. The molecule has 7 heteroatoms. The van der Waals surface area contributed by atoms with E-state index >= 15 is 0 Å². The van der Waals surface area contributed by atoms with Crippen LogP contribution in [0.25, 0.3) is 0 Å². The van der Waals surface area contributed by atoms with Crippen LogP contribution in [0, 0.1) is 34.5 Å². The van der Waals surface area contributed by atoms with Crippen LogP contribution in [-0.4, -0.2) is 64.3 Å². The van der Waals surface area contributed by atoms with Gasteiger partial charge in [-0.05, 0) is 144 Å². The van der Waals surface area contributed by atoms with Crippen molar-refractivity contribution in [2.45, 2.75) is 150 Å². The van der Waals surface area contributed by atoms with E-state index in [1.54, 1.807) is 0 Å². The molecule has 0 aromatic carbocycles. The molecule has 1 rings (SSSR count). The molecule has 0 aromatic rings. The van der Waals surface area contributed by atoms with Crippen LogP contribution in [0.4, 0.5) is 0 Å². The summed E-state index contributed by atoms with van der Waals surface area (Å²) in [7, 11) is 0. The van der Waals surface area contributed by atoms with Crippen LogP contribution in [0.3, 0.4) is 0 Å². The summed E-state index contributed by atoms with van der Waals surface area (Å²) >= 11 is 0. The summed E-state index contributed by atoms with van der Waals surface area (Å²) in [6.45, 7) is 22.0. The van der Waals surface area contributed by atoms with Crippen LogP contribution in [0.15, 0.2) is 0 Å². The van der Waals surface area contributed by atoms with Gasteiger partial charge in [-0.1, -0.05) is 48.5 Å². The zero-order valence-electron chi connectivity index (χ0n) is 29.7. The summed E-state index contributed by atoms with van der Waals surface area (Å²) in [6.07, 6.45) is 14.8. The Bertz CT molecular complexity index is 681. The highest BCUT2D eigenvalue weighted by Crippen LogP contribution is 2.58. The molecule has 0 amide bonds. The molecule has 7 nitrogen and oxygen atoms in total. The molecular weight excluding hydrogens is 536 g/mol. The summed E-state index contributed by atoms with van der Waals surface area (Å²) in [5.41, 5.74) is 23.7. The Balaban J connectivity index is 3.26. The number of ether oxygens (including phenoxy) is 3. The summed E-state index contributed by atoms with van der Waals surface area (Å²) in [6, 6.07) is 0. The van der Waals surface area contributed by atoms with Crippen molar-refractivity contribution in [2.24, 2.45) is 57.4 Å². The van der Waals surface area contributed by atoms with Crippen LogP contribution >= 0.6 is 0 Å². The fraction of sp³-hybridized carbons (Fsp3) is 1.00. The van der Waals surface area contributed by atoms with E-state index in [1.807, 2.05) is 0 Å². The molecule has 258 valence electrons. The predicted octanol–water partition coefficient (Wildman–Crippen LogP) is 6.64. The number of nitrogens with two attached hydrogens (primary N) is 4. The summed E-state index contributed by atoms with van der Waals surface area (Å²) in [4.78, 5) is 0. The molecule has 1 aliphatic carbocycles. The summed E-state index contributed by atoms with van der Waals surface area (Å²) in [5, 5.41) is 0. The van der Waals surface area contributed by atoms with E-state index in [-0.39, 0.29) is 23.0 Å². The van der Waals surface area contributed by atoms with Crippen molar-refractivity contribution in [2.75, 3.05) is 46.0 Å². The monoisotopic (exact) mass is 613 g/mol. The van der Waals surface area contributed by atoms with Gasteiger partial charge in [-0.25, -0.2) is 0 Å². The van der Waals surface area contributed by atoms with E-state index in [0.29, 0.717) is 49.4 Å². The van der Waals surface area contributed by atoms with Gasteiger partial charge in [-0.15, -0.1) is 0 Å². The molecule has 8 atom stereocenters. The van der Waals surface area contributed by atoms with Crippen molar-refractivity contribution < 1.29 is 14.2 Å². The smallest absolute Gasteiger partial charge is 0.0636 e. The first-order valence-corrected chi connectivity index (χ1v) is 18.2. The van der Waals surface area contributed by atoms with Crippen LogP contribution < -0.4 is 22.9 Å². The average Bonchev–Trinajstić information content (AvgIpc) is 3.32. The Morgan fingerprint density at radius 1 is 0.744 bits per heavy atom. The highest BCUT2D eigenvalue weighted by atomic mass is 16.5. The van der Waals surface area contributed by atoms with Gasteiger partial charge in [0, 0.05) is 19.8 Å². The molecule has 0 radical (unpaired) electrons. The molecule has 0 unspecified atom stereocenters. The van der Waals surface area contributed by atoms with Crippen LogP contribution in [0.5, 0.6) is 0 Å². The third kappa shape index (κ3) is 13.5. The molecule has 0 saturated heterocycles. The molecule has 0 spiro atoms. The van der Waals surface area contributed by atoms with E-state index in [9.17, 15) is 0 Å². The minimum atomic E-state index is 0.0783. The minimum Gasteiger partial charge on any atom is -0.378 e. The second-order valence-electron chi connectivity index (χ2n) is 14.6. The Morgan fingerprint density at radius 2 is 1.28 bits per heavy atom. The standard InChI is InChI=1S/C36H76N4O3/c1-8-31(41-23-11-20-38)17-18-35(5,6)29(4)26-34(43-25-13-22-40)36(7)30(27-32(9-2)42-24-12-21-39)15-16-33(36)28(3)14-10-19-37/h28-34H,8-27,37-40H2,1-7H3/t28-,29-,30+,31+,32-,33-,34+,36+/m1/s1. The molecule has 0 bridgehead atoms. The normalized spacial score (nSPS) is 24.6. The zero-order chi connectivity index (χ0) is 32.3. The fourth-order valence-corrected chi connectivity index (χ4v) is 7.69. The van der Waals surface area contributed by atoms with E-state index in [1.165, 1.54) is 19.3 Å². The second-order valence-corrected chi connectivity index (χ2v) is 14.6. The van der Waals surface area contributed by atoms with Crippen LogP contribution in [-0.2, 0) is 14.2 Å². The lowest BCUT2D eigenvalue weighted by Crippen LogP contribution is -2.47. The molecule has 1 fully saturated rings. The van der Waals surface area contributed by atoms with E-state index in [4.69, 9.17) is 37.1 Å². The van der Waals surface area contributed by atoms with Gasteiger partial charge >= 0.3 is 0 Å². The number of hydrogen-bond acceptors (Lipinski definition) is 7. The van der Waals surface area contributed by atoms with Crippen molar-refractivity contribution >= 4 is 0 Å². The lowest BCUT2D eigenvalue weighted by molar-refractivity contribution is -0.109. The maximum atomic E-state index is 6.98. The Hall–Kier alpha value is -0.280. The Morgan fingerprint density at radius 3 is 1.81 bits per heavy atom. The van der Waals surface area contributed by atoms with Gasteiger partial charge in [-0.2, -0.15) is 0 Å². The first-order valence-electron chi connectivity index (χ1n) is 18.2. The van der Waals surface area contributed by atoms with Gasteiger partial charge in [0.05, 0.1) is 18.3 Å². The first-order chi connectivity index (χ1) is 20.5. The highest BCUT2D eigenvalue weighted by molar-refractivity contribution is 5.03. The summed E-state index contributed by atoms with van der Waals surface area (Å²) in [5.74, 6) is 2.32. The topological polar surface area (TPSA) is 132 Å². The lowest BCUT2D eigenvalue weighted by atomic mass is 9.61.